The second kappa shape index (κ2) is 6.48. The van der Waals surface area contributed by atoms with Crippen molar-refractivity contribution in [2.45, 2.75) is 13.5 Å². The van der Waals surface area contributed by atoms with E-state index in [1.54, 1.807) is 7.11 Å². The first-order valence-corrected chi connectivity index (χ1v) is 8.53. The summed E-state index contributed by atoms with van der Waals surface area (Å²) in [5.41, 5.74) is 1.72. The van der Waals surface area contributed by atoms with E-state index < -0.39 is 0 Å². The van der Waals surface area contributed by atoms with Crippen LogP contribution in [0.15, 0.2) is 46.2 Å². The van der Waals surface area contributed by atoms with Crippen LogP contribution >= 0.6 is 11.3 Å². The number of rotatable bonds is 5. The molecule has 3 heterocycles. The molecule has 126 valence electrons. The van der Waals surface area contributed by atoms with Crippen molar-refractivity contribution < 1.29 is 9.15 Å². The van der Waals surface area contributed by atoms with Crippen molar-refractivity contribution in [2.75, 3.05) is 7.11 Å². The van der Waals surface area contributed by atoms with Crippen molar-refractivity contribution in [3.05, 3.63) is 53.2 Å². The number of furan rings is 1. The minimum absolute atomic E-state index is 0.452. The Labute approximate surface area is 147 Å². The smallest absolute Gasteiger partial charge is 0.205 e. The number of methoxy groups -OCH3 is 1. The van der Waals surface area contributed by atoms with Crippen LogP contribution in [0.5, 0.6) is 5.75 Å². The van der Waals surface area contributed by atoms with E-state index >= 15 is 0 Å². The van der Waals surface area contributed by atoms with Crippen LogP contribution < -0.4 is 4.74 Å². The number of ether oxygens (including phenoxy) is 1. The lowest BCUT2D eigenvalue weighted by atomic mass is 10.2. The predicted molar refractivity (Wildman–Crippen MR) is 93.5 cm³/mol. The lowest BCUT2D eigenvalue weighted by Crippen LogP contribution is -2.04. The van der Waals surface area contributed by atoms with Crippen LogP contribution in [0.4, 0.5) is 0 Å². The first-order chi connectivity index (χ1) is 12.2. The molecule has 25 heavy (non-hydrogen) atoms. The molecule has 0 aliphatic carbocycles. The molecule has 0 atom stereocenters. The highest BCUT2D eigenvalue weighted by atomic mass is 32.1. The van der Waals surface area contributed by atoms with Crippen molar-refractivity contribution in [1.29, 1.82) is 0 Å². The highest BCUT2D eigenvalue weighted by Crippen LogP contribution is 2.26. The Morgan fingerprint density at radius 2 is 2.16 bits per heavy atom. The van der Waals surface area contributed by atoms with E-state index in [0.29, 0.717) is 12.4 Å². The molecule has 7 nitrogen and oxygen atoms in total. The van der Waals surface area contributed by atoms with Crippen LogP contribution in [0.25, 0.3) is 22.2 Å². The molecule has 4 rings (SSSR count). The number of hydrogen-bond acceptors (Lipinski definition) is 7. The third-order valence-corrected chi connectivity index (χ3v) is 4.49. The van der Waals surface area contributed by atoms with Gasteiger partial charge in [-0.2, -0.15) is 4.80 Å². The lowest BCUT2D eigenvalue weighted by Gasteiger charge is -2.00. The van der Waals surface area contributed by atoms with E-state index in [1.165, 1.54) is 16.1 Å². The van der Waals surface area contributed by atoms with Gasteiger partial charge in [-0.15, -0.1) is 21.5 Å². The highest BCUT2D eigenvalue weighted by molar-refractivity contribution is 7.13. The van der Waals surface area contributed by atoms with Gasteiger partial charge in [0.1, 0.15) is 18.1 Å². The SMILES string of the molecule is COc1cccc(-c2nnn(Cc3csc(-c4ccc(C)o4)n3)n2)c1. The molecule has 0 unspecified atom stereocenters. The minimum Gasteiger partial charge on any atom is -0.497 e. The van der Waals surface area contributed by atoms with E-state index in [-0.39, 0.29) is 0 Å². The molecule has 0 saturated carbocycles. The highest BCUT2D eigenvalue weighted by Gasteiger charge is 2.11. The summed E-state index contributed by atoms with van der Waals surface area (Å²) in [6, 6.07) is 11.4. The molecule has 0 fully saturated rings. The molecule has 0 spiro atoms. The Morgan fingerprint density at radius 3 is 2.96 bits per heavy atom. The van der Waals surface area contributed by atoms with Crippen LogP contribution in [0, 0.1) is 6.92 Å². The quantitative estimate of drug-likeness (QED) is 0.547. The van der Waals surface area contributed by atoms with Gasteiger partial charge < -0.3 is 9.15 Å². The molecular formula is C17H15N5O2S. The Bertz CT molecular complexity index is 1000. The fourth-order valence-corrected chi connectivity index (χ4v) is 3.15. The molecule has 0 aliphatic heterocycles. The number of aryl methyl sites for hydroxylation is 1. The molecule has 0 aliphatic rings. The lowest BCUT2D eigenvalue weighted by molar-refractivity contribution is 0.415. The molecule has 0 N–H and O–H groups in total. The minimum atomic E-state index is 0.452. The molecule has 0 saturated heterocycles. The van der Waals surface area contributed by atoms with Crippen LogP contribution in [-0.4, -0.2) is 32.3 Å². The maximum Gasteiger partial charge on any atom is 0.205 e. The summed E-state index contributed by atoms with van der Waals surface area (Å²) in [6.45, 7) is 2.37. The fraction of sp³-hybridized carbons (Fsp3) is 0.176. The van der Waals surface area contributed by atoms with Crippen LogP contribution in [0.2, 0.25) is 0 Å². The van der Waals surface area contributed by atoms with E-state index in [2.05, 4.69) is 20.4 Å². The molecule has 3 aromatic heterocycles. The van der Waals surface area contributed by atoms with Gasteiger partial charge in [0.25, 0.3) is 0 Å². The molecule has 8 heteroatoms. The molecule has 0 amide bonds. The second-order valence-corrected chi connectivity index (χ2v) is 6.29. The van der Waals surface area contributed by atoms with Crippen LogP contribution in [0.3, 0.4) is 0 Å². The third kappa shape index (κ3) is 3.29. The first kappa shape index (κ1) is 15.5. The average Bonchev–Trinajstić information content (AvgIpc) is 3.36. The summed E-state index contributed by atoms with van der Waals surface area (Å²) in [5.74, 6) is 2.95. The summed E-state index contributed by atoms with van der Waals surface area (Å²) in [6.07, 6.45) is 0. The Kier molecular flexibility index (Phi) is 4.02. The number of thiazole rings is 1. The molecule has 4 aromatic rings. The predicted octanol–water partition coefficient (Wildman–Crippen LogP) is 3.42. The van der Waals surface area contributed by atoms with Gasteiger partial charge in [0.05, 0.1) is 12.8 Å². The van der Waals surface area contributed by atoms with Gasteiger partial charge >= 0.3 is 0 Å². The zero-order valence-electron chi connectivity index (χ0n) is 13.7. The van der Waals surface area contributed by atoms with Gasteiger partial charge in [0.15, 0.2) is 10.8 Å². The Balaban J connectivity index is 1.52. The summed E-state index contributed by atoms with van der Waals surface area (Å²) in [5, 5.41) is 15.5. The zero-order valence-corrected chi connectivity index (χ0v) is 14.5. The topological polar surface area (TPSA) is 78.9 Å². The van der Waals surface area contributed by atoms with E-state index in [1.807, 2.05) is 48.7 Å². The van der Waals surface area contributed by atoms with Crippen molar-refractivity contribution in [2.24, 2.45) is 0 Å². The zero-order chi connectivity index (χ0) is 17.2. The fourth-order valence-electron chi connectivity index (χ4n) is 2.38. The van der Waals surface area contributed by atoms with Gasteiger partial charge in [-0.3, -0.25) is 0 Å². The van der Waals surface area contributed by atoms with Crippen molar-refractivity contribution in [1.82, 2.24) is 25.2 Å². The maximum atomic E-state index is 5.60. The number of nitrogens with zero attached hydrogens (tertiary/aromatic N) is 5. The Hall–Kier alpha value is -3.00. The second-order valence-electron chi connectivity index (χ2n) is 5.43. The summed E-state index contributed by atoms with van der Waals surface area (Å²) in [7, 11) is 1.63. The summed E-state index contributed by atoms with van der Waals surface area (Å²) in [4.78, 5) is 6.10. The number of hydrogen-bond donors (Lipinski definition) is 0. The van der Waals surface area contributed by atoms with Gasteiger partial charge in [-0.05, 0) is 36.4 Å². The van der Waals surface area contributed by atoms with Gasteiger partial charge in [0, 0.05) is 10.9 Å². The van der Waals surface area contributed by atoms with Gasteiger partial charge in [-0.25, -0.2) is 4.98 Å². The molecule has 1 aromatic carbocycles. The molecule has 0 bridgehead atoms. The van der Waals surface area contributed by atoms with Crippen molar-refractivity contribution in [3.63, 3.8) is 0 Å². The molecule has 0 radical (unpaired) electrons. The van der Waals surface area contributed by atoms with Crippen LogP contribution in [-0.2, 0) is 6.54 Å². The third-order valence-electron chi connectivity index (χ3n) is 3.59. The number of benzene rings is 1. The maximum absolute atomic E-state index is 5.60. The average molecular weight is 353 g/mol. The molecular weight excluding hydrogens is 338 g/mol. The van der Waals surface area contributed by atoms with E-state index in [9.17, 15) is 0 Å². The Morgan fingerprint density at radius 1 is 1.24 bits per heavy atom. The van der Waals surface area contributed by atoms with E-state index in [4.69, 9.17) is 9.15 Å². The summed E-state index contributed by atoms with van der Waals surface area (Å²) >= 11 is 1.53. The van der Waals surface area contributed by atoms with Crippen molar-refractivity contribution in [3.8, 4) is 27.9 Å². The normalized spacial score (nSPS) is 11.0. The summed E-state index contributed by atoms with van der Waals surface area (Å²) < 4.78 is 10.8. The first-order valence-electron chi connectivity index (χ1n) is 7.65. The van der Waals surface area contributed by atoms with Crippen LogP contribution in [0.1, 0.15) is 11.5 Å². The largest absolute Gasteiger partial charge is 0.497 e. The number of aromatic nitrogens is 5. The van der Waals surface area contributed by atoms with Gasteiger partial charge in [0.2, 0.25) is 5.82 Å². The number of tetrazole rings is 1. The standard InChI is InChI=1S/C17H15N5O2S/c1-11-6-7-15(24-11)17-18-13(10-25-17)9-22-20-16(19-21-22)12-4-3-5-14(8-12)23-2/h3-8,10H,9H2,1-2H3. The monoisotopic (exact) mass is 353 g/mol. The van der Waals surface area contributed by atoms with E-state index in [0.717, 1.165) is 33.5 Å². The van der Waals surface area contributed by atoms with Gasteiger partial charge in [-0.1, -0.05) is 12.1 Å². The van der Waals surface area contributed by atoms with Crippen molar-refractivity contribution >= 4 is 11.3 Å².